The number of nitrogens with zero attached hydrogens (tertiary/aromatic N) is 2. The molecule has 3 rings (SSSR count). The van der Waals surface area contributed by atoms with Crippen LogP contribution in [0.4, 0.5) is 5.69 Å². The Labute approximate surface area is 172 Å². The first-order valence-corrected chi connectivity index (χ1v) is 8.77. The summed E-state index contributed by atoms with van der Waals surface area (Å²) >= 11 is 0. The topological polar surface area (TPSA) is 62.9 Å². The molecule has 1 heterocycles. The Morgan fingerprint density at radius 2 is 1.77 bits per heavy atom. The molecule has 0 spiro atoms. The van der Waals surface area contributed by atoms with Gasteiger partial charge in [0.2, 0.25) is 0 Å². The van der Waals surface area contributed by atoms with Crippen molar-refractivity contribution in [3.63, 3.8) is 0 Å². The second-order valence-corrected chi connectivity index (χ2v) is 6.22. The molecule has 0 amide bonds. The van der Waals surface area contributed by atoms with E-state index in [1.807, 2.05) is 42.5 Å². The van der Waals surface area contributed by atoms with E-state index in [0.29, 0.717) is 12.5 Å². The second kappa shape index (κ2) is 10.4. The standard InChI is InChI=1S/C20H26N4O.HI/c1-25-19-12-6-5-11-17(19)18(24-13-7-8-14-24)15-22-20(21)23-16-9-3-2-4-10-16;/h2-6,9-12,18H,7-8,13-15H2,1H3,(H3,21,22,23);1H. The summed E-state index contributed by atoms with van der Waals surface area (Å²) in [5, 5.41) is 3.15. The molecule has 0 aliphatic carbocycles. The van der Waals surface area contributed by atoms with Gasteiger partial charge in [-0.1, -0.05) is 36.4 Å². The molecule has 1 atom stereocenters. The molecule has 6 heteroatoms. The number of hydrogen-bond donors (Lipinski definition) is 2. The summed E-state index contributed by atoms with van der Waals surface area (Å²) in [6, 6.07) is 18.2. The quantitative estimate of drug-likeness (QED) is 0.386. The number of guanidine groups is 1. The maximum Gasteiger partial charge on any atom is 0.193 e. The number of nitrogens with one attached hydrogen (secondary N) is 1. The Balaban J connectivity index is 0.00000243. The molecule has 5 nitrogen and oxygen atoms in total. The Hall–Kier alpha value is -1.80. The first-order chi connectivity index (χ1) is 12.3. The fourth-order valence-electron chi connectivity index (χ4n) is 3.30. The normalized spacial score (nSPS) is 16.0. The van der Waals surface area contributed by atoms with E-state index in [0.717, 1.165) is 24.5 Å². The van der Waals surface area contributed by atoms with Gasteiger partial charge < -0.3 is 15.8 Å². The molecule has 1 aliphatic rings. The maximum atomic E-state index is 6.09. The third-order valence-electron chi connectivity index (χ3n) is 4.56. The van der Waals surface area contributed by atoms with Gasteiger partial charge in [0.25, 0.3) is 0 Å². The van der Waals surface area contributed by atoms with Crippen molar-refractivity contribution in [2.24, 2.45) is 10.7 Å². The molecule has 0 radical (unpaired) electrons. The van der Waals surface area contributed by atoms with Crippen molar-refractivity contribution in [1.29, 1.82) is 0 Å². The zero-order valence-corrected chi connectivity index (χ0v) is 17.4. The van der Waals surface area contributed by atoms with Gasteiger partial charge in [0, 0.05) is 11.3 Å². The fraction of sp³-hybridized carbons (Fsp3) is 0.350. The highest BCUT2D eigenvalue weighted by Crippen LogP contribution is 2.31. The van der Waals surface area contributed by atoms with Crippen LogP contribution in [0.25, 0.3) is 0 Å². The van der Waals surface area contributed by atoms with Crippen LogP contribution in [0.1, 0.15) is 24.4 Å². The molecular weight excluding hydrogens is 439 g/mol. The third-order valence-corrected chi connectivity index (χ3v) is 4.56. The molecular formula is C20H27IN4O. The second-order valence-electron chi connectivity index (χ2n) is 6.22. The summed E-state index contributed by atoms with van der Waals surface area (Å²) in [4.78, 5) is 7.07. The third kappa shape index (κ3) is 5.35. The Kier molecular flexibility index (Phi) is 8.18. The number of methoxy groups -OCH3 is 1. The number of rotatable bonds is 6. The minimum Gasteiger partial charge on any atom is -0.496 e. The predicted octanol–water partition coefficient (Wildman–Crippen LogP) is 3.88. The molecule has 0 saturated carbocycles. The molecule has 2 aromatic carbocycles. The van der Waals surface area contributed by atoms with Gasteiger partial charge in [-0.3, -0.25) is 9.89 Å². The summed E-state index contributed by atoms with van der Waals surface area (Å²) in [5.41, 5.74) is 8.20. The summed E-state index contributed by atoms with van der Waals surface area (Å²) in [7, 11) is 1.72. The molecule has 1 unspecified atom stereocenters. The number of anilines is 1. The molecule has 1 aliphatic heterocycles. The number of ether oxygens (including phenoxy) is 1. The van der Waals surface area contributed by atoms with E-state index in [2.05, 4.69) is 27.3 Å². The van der Waals surface area contributed by atoms with Crippen LogP contribution in [0.15, 0.2) is 59.6 Å². The van der Waals surface area contributed by atoms with Crippen LogP contribution in [0.5, 0.6) is 5.75 Å². The fourth-order valence-corrected chi connectivity index (χ4v) is 3.30. The van der Waals surface area contributed by atoms with E-state index in [-0.39, 0.29) is 30.0 Å². The van der Waals surface area contributed by atoms with Crippen molar-refractivity contribution >= 4 is 35.6 Å². The predicted molar refractivity (Wildman–Crippen MR) is 119 cm³/mol. The van der Waals surface area contributed by atoms with E-state index in [1.54, 1.807) is 7.11 Å². The van der Waals surface area contributed by atoms with Gasteiger partial charge in [-0.2, -0.15) is 0 Å². The molecule has 0 aromatic heterocycles. The average Bonchev–Trinajstić information content (AvgIpc) is 3.17. The minimum absolute atomic E-state index is 0. The summed E-state index contributed by atoms with van der Waals surface area (Å²) in [6.45, 7) is 2.78. The number of hydrogen-bond acceptors (Lipinski definition) is 3. The highest BCUT2D eigenvalue weighted by molar-refractivity contribution is 14.0. The lowest BCUT2D eigenvalue weighted by atomic mass is 10.0. The van der Waals surface area contributed by atoms with Crippen molar-refractivity contribution in [2.75, 3.05) is 32.1 Å². The molecule has 2 aromatic rings. The first kappa shape index (κ1) is 20.5. The van der Waals surface area contributed by atoms with Crippen LogP contribution in [0, 0.1) is 0 Å². The zero-order valence-electron chi connectivity index (χ0n) is 15.1. The average molecular weight is 466 g/mol. The summed E-state index contributed by atoms with van der Waals surface area (Å²) in [6.07, 6.45) is 2.46. The number of halogens is 1. The van der Waals surface area contributed by atoms with Crippen LogP contribution >= 0.6 is 24.0 Å². The number of likely N-dealkylation sites (tertiary alicyclic amines) is 1. The number of nitrogens with two attached hydrogens (primary N) is 1. The molecule has 140 valence electrons. The minimum atomic E-state index is 0. The Bertz CT molecular complexity index is 702. The molecule has 1 fully saturated rings. The molecule has 1 saturated heterocycles. The van der Waals surface area contributed by atoms with Crippen LogP contribution in [0.3, 0.4) is 0 Å². The SMILES string of the molecule is COc1ccccc1C(CN=C(N)Nc1ccccc1)N1CCCC1.I. The van der Waals surface area contributed by atoms with Gasteiger partial charge in [0.1, 0.15) is 5.75 Å². The lowest BCUT2D eigenvalue weighted by Crippen LogP contribution is -2.30. The number of benzene rings is 2. The van der Waals surface area contributed by atoms with Crippen molar-refractivity contribution in [3.05, 3.63) is 60.2 Å². The first-order valence-electron chi connectivity index (χ1n) is 8.77. The van der Waals surface area contributed by atoms with E-state index in [4.69, 9.17) is 10.5 Å². The van der Waals surface area contributed by atoms with E-state index < -0.39 is 0 Å². The van der Waals surface area contributed by atoms with E-state index in [1.165, 1.54) is 18.4 Å². The van der Waals surface area contributed by atoms with E-state index in [9.17, 15) is 0 Å². The van der Waals surface area contributed by atoms with Crippen molar-refractivity contribution in [1.82, 2.24) is 4.90 Å². The van der Waals surface area contributed by atoms with Crippen molar-refractivity contribution < 1.29 is 4.74 Å². The van der Waals surface area contributed by atoms with Crippen LogP contribution in [-0.2, 0) is 0 Å². The lowest BCUT2D eigenvalue weighted by molar-refractivity contribution is 0.245. The van der Waals surface area contributed by atoms with Gasteiger partial charge in [0.05, 0.1) is 19.7 Å². The molecule has 3 N–H and O–H groups in total. The monoisotopic (exact) mass is 466 g/mol. The van der Waals surface area contributed by atoms with Gasteiger partial charge in [-0.05, 0) is 44.1 Å². The van der Waals surface area contributed by atoms with Crippen LogP contribution < -0.4 is 15.8 Å². The Morgan fingerprint density at radius 3 is 2.46 bits per heavy atom. The van der Waals surface area contributed by atoms with Gasteiger partial charge in [-0.15, -0.1) is 24.0 Å². The number of aliphatic imine (C=N–C) groups is 1. The highest BCUT2D eigenvalue weighted by Gasteiger charge is 2.25. The van der Waals surface area contributed by atoms with Crippen LogP contribution in [0.2, 0.25) is 0 Å². The smallest absolute Gasteiger partial charge is 0.193 e. The summed E-state index contributed by atoms with van der Waals surface area (Å²) in [5.74, 6) is 1.34. The summed E-state index contributed by atoms with van der Waals surface area (Å²) < 4.78 is 5.57. The number of para-hydroxylation sites is 2. The Morgan fingerprint density at radius 1 is 1.12 bits per heavy atom. The lowest BCUT2D eigenvalue weighted by Gasteiger charge is -2.28. The van der Waals surface area contributed by atoms with Gasteiger partial charge >= 0.3 is 0 Å². The maximum absolute atomic E-state index is 6.09. The van der Waals surface area contributed by atoms with E-state index >= 15 is 0 Å². The van der Waals surface area contributed by atoms with Crippen molar-refractivity contribution in [2.45, 2.75) is 18.9 Å². The highest BCUT2D eigenvalue weighted by atomic mass is 127. The largest absolute Gasteiger partial charge is 0.496 e. The van der Waals surface area contributed by atoms with Crippen molar-refractivity contribution in [3.8, 4) is 5.75 Å². The zero-order chi connectivity index (χ0) is 17.5. The molecule has 26 heavy (non-hydrogen) atoms. The van der Waals surface area contributed by atoms with Gasteiger partial charge in [0.15, 0.2) is 5.96 Å². The molecule has 0 bridgehead atoms. The van der Waals surface area contributed by atoms with Crippen LogP contribution in [-0.4, -0.2) is 37.6 Å². The van der Waals surface area contributed by atoms with Gasteiger partial charge in [-0.25, -0.2) is 0 Å².